The second-order valence-electron chi connectivity index (χ2n) is 5.27. The number of rotatable bonds is 3. The average Bonchev–Trinajstić information content (AvgIpc) is 2.69. The maximum atomic E-state index is 6.46. The van der Waals surface area contributed by atoms with Crippen molar-refractivity contribution in [2.75, 3.05) is 0 Å². The first-order valence-corrected chi connectivity index (χ1v) is 7.19. The van der Waals surface area contributed by atoms with Crippen LogP contribution in [0.5, 0.6) is 0 Å². The van der Waals surface area contributed by atoms with Crippen LogP contribution < -0.4 is 5.73 Å². The van der Waals surface area contributed by atoms with Gasteiger partial charge in [0.2, 0.25) is 0 Å². The highest BCUT2D eigenvalue weighted by molar-refractivity contribution is 5.30. The summed E-state index contributed by atoms with van der Waals surface area (Å²) in [5, 5.41) is 4.50. The SMILES string of the molecule is CCc1nn(C)cc1C(N)/C1=C/CCCCCC1. The quantitative estimate of drug-likeness (QED) is 0.833. The van der Waals surface area contributed by atoms with Crippen LogP contribution >= 0.6 is 0 Å². The summed E-state index contributed by atoms with van der Waals surface area (Å²) in [6.07, 6.45) is 13.1. The second-order valence-corrected chi connectivity index (χ2v) is 5.27. The molecule has 1 aliphatic carbocycles. The van der Waals surface area contributed by atoms with E-state index in [0.29, 0.717) is 0 Å². The number of hydrogen-bond donors (Lipinski definition) is 1. The predicted octanol–water partition coefficient (Wildman–Crippen LogP) is 3.26. The third kappa shape index (κ3) is 3.02. The Morgan fingerprint density at radius 1 is 1.33 bits per heavy atom. The largest absolute Gasteiger partial charge is 0.320 e. The lowest BCUT2D eigenvalue weighted by molar-refractivity contribution is 0.601. The highest BCUT2D eigenvalue weighted by Crippen LogP contribution is 2.28. The summed E-state index contributed by atoms with van der Waals surface area (Å²) in [5.41, 5.74) is 10.2. The Bertz CT molecular complexity index is 417. The van der Waals surface area contributed by atoms with Gasteiger partial charge in [-0.3, -0.25) is 4.68 Å². The number of nitrogens with two attached hydrogens (primary N) is 1. The molecule has 1 aromatic heterocycles. The van der Waals surface area contributed by atoms with Gasteiger partial charge < -0.3 is 5.73 Å². The van der Waals surface area contributed by atoms with Crippen LogP contribution in [0.3, 0.4) is 0 Å². The first-order valence-electron chi connectivity index (χ1n) is 7.19. The molecule has 0 aliphatic heterocycles. The van der Waals surface area contributed by atoms with Gasteiger partial charge in [0.25, 0.3) is 0 Å². The van der Waals surface area contributed by atoms with Crippen molar-refractivity contribution >= 4 is 0 Å². The van der Waals surface area contributed by atoms with Crippen LogP contribution in [0.4, 0.5) is 0 Å². The Hall–Kier alpha value is -1.09. The smallest absolute Gasteiger partial charge is 0.0672 e. The molecule has 1 aromatic rings. The summed E-state index contributed by atoms with van der Waals surface area (Å²) in [5.74, 6) is 0. The van der Waals surface area contributed by atoms with Gasteiger partial charge in [-0.2, -0.15) is 5.10 Å². The standard InChI is InChI=1S/C15H25N3/c1-3-14-13(11-18(2)17-14)15(16)12-9-7-5-4-6-8-10-12/h9,11,15H,3-8,10,16H2,1-2H3/b12-9+. The Balaban J connectivity index is 2.20. The van der Waals surface area contributed by atoms with Gasteiger partial charge >= 0.3 is 0 Å². The van der Waals surface area contributed by atoms with Gasteiger partial charge in [-0.1, -0.05) is 31.4 Å². The zero-order chi connectivity index (χ0) is 13.0. The van der Waals surface area contributed by atoms with Crippen LogP contribution in [0.2, 0.25) is 0 Å². The van der Waals surface area contributed by atoms with E-state index in [-0.39, 0.29) is 6.04 Å². The summed E-state index contributed by atoms with van der Waals surface area (Å²) in [6.45, 7) is 2.14. The fraction of sp³-hybridized carbons (Fsp3) is 0.667. The highest BCUT2D eigenvalue weighted by atomic mass is 15.3. The molecule has 1 atom stereocenters. The first kappa shape index (κ1) is 13.3. The van der Waals surface area contributed by atoms with E-state index in [9.17, 15) is 0 Å². The Morgan fingerprint density at radius 2 is 2.11 bits per heavy atom. The summed E-state index contributed by atoms with van der Waals surface area (Å²) in [6, 6.07) is 0.0479. The van der Waals surface area contributed by atoms with Gasteiger partial charge in [-0.05, 0) is 32.1 Å². The molecule has 1 unspecified atom stereocenters. The minimum Gasteiger partial charge on any atom is -0.320 e. The number of hydrogen-bond acceptors (Lipinski definition) is 2. The molecule has 0 radical (unpaired) electrons. The third-order valence-electron chi connectivity index (χ3n) is 3.83. The van der Waals surface area contributed by atoms with Gasteiger partial charge in [0.15, 0.2) is 0 Å². The van der Waals surface area contributed by atoms with E-state index in [1.807, 2.05) is 11.7 Å². The van der Waals surface area contributed by atoms with Crippen molar-refractivity contribution in [2.24, 2.45) is 12.8 Å². The Labute approximate surface area is 110 Å². The molecule has 1 heterocycles. The van der Waals surface area contributed by atoms with Crippen LogP contribution in [-0.4, -0.2) is 9.78 Å². The lowest BCUT2D eigenvalue weighted by atomic mass is 9.91. The number of aryl methyl sites for hydroxylation is 2. The molecule has 2 N–H and O–H groups in total. The lowest BCUT2D eigenvalue weighted by Crippen LogP contribution is -2.15. The molecular formula is C15H25N3. The van der Waals surface area contributed by atoms with Crippen molar-refractivity contribution in [1.82, 2.24) is 9.78 Å². The predicted molar refractivity (Wildman–Crippen MR) is 75.3 cm³/mol. The molecule has 100 valence electrons. The van der Waals surface area contributed by atoms with Crippen LogP contribution in [0.15, 0.2) is 17.8 Å². The number of allylic oxidation sites excluding steroid dienone is 1. The van der Waals surface area contributed by atoms with E-state index in [2.05, 4.69) is 24.3 Å². The topological polar surface area (TPSA) is 43.8 Å². The maximum Gasteiger partial charge on any atom is 0.0672 e. The van der Waals surface area contributed by atoms with Crippen molar-refractivity contribution in [1.29, 1.82) is 0 Å². The lowest BCUT2D eigenvalue weighted by Gasteiger charge is -2.18. The van der Waals surface area contributed by atoms with Crippen molar-refractivity contribution in [3.63, 3.8) is 0 Å². The second kappa shape index (κ2) is 6.19. The molecule has 3 nitrogen and oxygen atoms in total. The van der Waals surface area contributed by atoms with Crippen LogP contribution in [0.25, 0.3) is 0 Å². The van der Waals surface area contributed by atoms with Crippen molar-refractivity contribution < 1.29 is 0 Å². The van der Waals surface area contributed by atoms with E-state index in [1.54, 1.807) is 0 Å². The molecule has 0 saturated heterocycles. The summed E-state index contributed by atoms with van der Waals surface area (Å²) in [7, 11) is 1.97. The monoisotopic (exact) mass is 247 g/mol. The summed E-state index contributed by atoms with van der Waals surface area (Å²) in [4.78, 5) is 0. The van der Waals surface area contributed by atoms with E-state index in [1.165, 1.54) is 43.2 Å². The Kier molecular flexibility index (Phi) is 4.59. The molecule has 0 saturated carbocycles. The van der Waals surface area contributed by atoms with E-state index < -0.39 is 0 Å². The van der Waals surface area contributed by atoms with E-state index >= 15 is 0 Å². The van der Waals surface area contributed by atoms with Crippen LogP contribution in [0, 0.1) is 0 Å². The van der Waals surface area contributed by atoms with Gasteiger partial charge in [0, 0.05) is 18.8 Å². The number of aromatic nitrogens is 2. The van der Waals surface area contributed by atoms with Crippen LogP contribution in [0.1, 0.15) is 62.7 Å². The zero-order valence-electron chi connectivity index (χ0n) is 11.7. The molecule has 2 rings (SSSR count). The van der Waals surface area contributed by atoms with Crippen molar-refractivity contribution in [3.05, 3.63) is 29.1 Å². The maximum absolute atomic E-state index is 6.46. The van der Waals surface area contributed by atoms with Crippen molar-refractivity contribution in [3.8, 4) is 0 Å². The van der Waals surface area contributed by atoms with Gasteiger partial charge in [0.1, 0.15) is 0 Å². The van der Waals surface area contributed by atoms with E-state index in [0.717, 1.165) is 18.5 Å². The van der Waals surface area contributed by atoms with Crippen LogP contribution in [-0.2, 0) is 13.5 Å². The molecule has 3 heteroatoms. The Morgan fingerprint density at radius 3 is 2.89 bits per heavy atom. The molecule has 1 aliphatic rings. The molecule has 0 amide bonds. The fourth-order valence-corrected chi connectivity index (χ4v) is 2.79. The first-order chi connectivity index (χ1) is 8.72. The molecule has 0 bridgehead atoms. The molecule has 0 fully saturated rings. The molecule has 0 spiro atoms. The minimum absolute atomic E-state index is 0.0479. The van der Waals surface area contributed by atoms with Gasteiger partial charge in [0.05, 0.1) is 11.7 Å². The molecule has 0 aromatic carbocycles. The molecular weight excluding hydrogens is 222 g/mol. The minimum atomic E-state index is 0.0479. The molecule has 18 heavy (non-hydrogen) atoms. The highest BCUT2D eigenvalue weighted by Gasteiger charge is 2.18. The normalized spacial score (nSPS) is 21.8. The summed E-state index contributed by atoms with van der Waals surface area (Å²) < 4.78 is 1.89. The fourth-order valence-electron chi connectivity index (χ4n) is 2.79. The van der Waals surface area contributed by atoms with E-state index in [4.69, 9.17) is 5.73 Å². The van der Waals surface area contributed by atoms with Gasteiger partial charge in [-0.25, -0.2) is 0 Å². The third-order valence-corrected chi connectivity index (χ3v) is 3.83. The number of nitrogens with zero attached hydrogens (tertiary/aromatic N) is 2. The summed E-state index contributed by atoms with van der Waals surface area (Å²) >= 11 is 0. The van der Waals surface area contributed by atoms with Crippen molar-refractivity contribution in [2.45, 2.75) is 57.9 Å². The average molecular weight is 247 g/mol. The zero-order valence-corrected chi connectivity index (χ0v) is 11.7. The van der Waals surface area contributed by atoms with Gasteiger partial charge in [-0.15, -0.1) is 0 Å².